The van der Waals surface area contributed by atoms with Crippen molar-refractivity contribution in [2.75, 3.05) is 0 Å². The molecule has 2 heterocycles. The quantitative estimate of drug-likeness (QED) is 0.347. The molecular formula is C23H15BrN2. The highest BCUT2D eigenvalue weighted by Gasteiger charge is 2.17. The summed E-state index contributed by atoms with van der Waals surface area (Å²) in [5.74, 6) is 0. The van der Waals surface area contributed by atoms with E-state index in [1.807, 2.05) is 12.4 Å². The molecule has 26 heavy (non-hydrogen) atoms. The van der Waals surface area contributed by atoms with E-state index in [2.05, 4.69) is 98.7 Å². The summed E-state index contributed by atoms with van der Waals surface area (Å²) in [7, 11) is 0. The molecule has 0 fully saturated rings. The molecule has 124 valence electrons. The number of aromatic amines is 1. The Labute approximate surface area is 159 Å². The van der Waals surface area contributed by atoms with E-state index in [1.165, 1.54) is 27.3 Å². The minimum atomic E-state index is 1.08. The second-order valence-electron chi connectivity index (χ2n) is 6.33. The topological polar surface area (TPSA) is 28.7 Å². The van der Waals surface area contributed by atoms with Crippen LogP contribution < -0.4 is 0 Å². The Morgan fingerprint density at radius 2 is 1.50 bits per heavy atom. The van der Waals surface area contributed by atoms with E-state index in [1.54, 1.807) is 0 Å². The number of hydrogen-bond donors (Lipinski definition) is 1. The lowest BCUT2D eigenvalue weighted by Crippen LogP contribution is -1.84. The third kappa shape index (κ3) is 2.44. The molecule has 0 atom stereocenters. The van der Waals surface area contributed by atoms with Gasteiger partial charge in [0.2, 0.25) is 0 Å². The fourth-order valence-corrected chi connectivity index (χ4v) is 3.87. The average Bonchev–Trinajstić information content (AvgIpc) is 3.09. The van der Waals surface area contributed by atoms with Crippen molar-refractivity contribution in [1.29, 1.82) is 0 Å². The summed E-state index contributed by atoms with van der Waals surface area (Å²) in [5.41, 5.74) is 5.84. The second kappa shape index (κ2) is 6.11. The van der Waals surface area contributed by atoms with E-state index in [4.69, 9.17) is 0 Å². The van der Waals surface area contributed by atoms with Gasteiger partial charge in [-0.1, -0.05) is 58.4 Å². The van der Waals surface area contributed by atoms with Gasteiger partial charge in [-0.15, -0.1) is 0 Å². The maximum absolute atomic E-state index is 4.17. The summed E-state index contributed by atoms with van der Waals surface area (Å²) in [6, 6.07) is 25.5. The molecule has 1 N–H and O–H groups in total. The largest absolute Gasteiger partial charge is 0.354 e. The Bertz CT molecular complexity index is 1220. The van der Waals surface area contributed by atoms with Gasteiger partial charge in [0.05, 0.1) is 5.69 Å². The van der Waals surface area contributed by atoms with E-state index in [9.17, 15) is 0 Å². The van der Waals surface area contributed by atoms with E-state index in [0.29, 0.717) is 0 Å². The van der Waals surface area contributed by atoms with Gasteiger partial charge in [-0.25, -0.2) is 0 Å². The lowest BCUT2D eigenvalue weighted by molar-refractivity contribution is 1.32. The molecule has 2 nitrogen and oxygen atoms in total. The highest BCUT2D eigenvalue weighted by Crippen LogP contribution is 2.41. The van der Waals surface area contributed by atoms with Crippen LogP contribution in [0.15, 0.2) is 89.7 Å². The predicted molar refractivity (Wildman–Crippen MR) is 112 cm³/mol. The smallest absolute Gasteiger partial charge is 0.0545 e. The molecule has 5 rings (SSSR count). The van der Waals surface area contributed by atoms with Gasteiger partial charge in [0.1, 0.15) is 0 Å². The lowest BCUT2D eigenvalue weighted by Gasteiger charge is -2.07. The van der Waals surface area contributed by atoms with Crippen molar-refractivity contribution < 1.29 is 0 Å². The number of aromatic nitrogens is 2. The van der Waals surface area contributed by atoms with Crippen LogP contribution in [0.25, 0.3) is 44.1 Å². The van der Waals surface area contributed by atoms with E-state index < -0.39 is 0 Å². The molecular weight excluding hydrogens is 384 g/mol. The number of hydrogen-bond acceptors (Lipinski definition) is 1. The van der Waals surface area contributed by atoms with Crippen LogP contribution in [0, 0.1) is 0 Å². The van der Waals surface area contributed by atoms with Crippen molar-refractivity contribution in [2.24, 2.45) is 0 Å². The molecule has 5 aromatic rings. The minimum Gasteiger partial charge on any atom is -0.354 e. The van der Waals surface area contributed by atoms with E-state index in [0.717, 1.165) is 21.2 Å². The fraction of sp³-hybridized carbons (Fsp3) is 0. The summed E-state index contributed by atoms with van der Waals surface area (Å²) < 4.78 is 1.08. The van der Waals surface area contributed by atoms with Crippen molar-refractivity contribution in [3.05, 3.63) is 89.7 Å². The second-order valence-corrected chi connectivity index (χ2v) is 7.24. The lowest BCUT2D eigenvalue weighted by atomic mass is 9.96. The summed E-state index contributed by atoms with van der Waals surface area (Å²) >= 11 is 3.55. The highest BCUT2D eigenvalue weighted by atomic mass is 79.9. The SMILES string of the molecule is Brc1ccc(-c2c(-c3ccncc3)[nH]c3ccc4ccccc4c23)cc1. The van der Waals surface area contributed by atoms with Gasteiger partial charge in [0.15, 0.2) is 0 Å². The molecule has 0 aliphatic carbocycles. The molecule has 0 saturated carbocycles. The number of nitrogens with one attached hydrogen (secondary N) is 1. The van der Waals surface area contributed by atoms with Gasteiger partial charge in [-0.05, 0) is 46.7 Å². The summed E-state index contributed by atoms with van der Waals surface area (Å²) in [4.78, 5) is 7.81. The molecule has 3 heteroatoms. The van der Waals surface area contributed by atoms with Crippen LogP contribution in [0.4, 0.5) is 0 Å². The van der Waals surface area contributed by atoms with Crippen molar-refractivity contribution in [3.8, 4) is 22.4 Å². The zero-order valence-electron chi connectivity index (χ0n) is 13.9. The molecule has 0 aliphatic heterocycles. The van der Waals surface area contributed by atoms with Crippen molar-refractivity contribution >= 4 is 37.6 Å². The number of benzene rings is 3. The number of rotatable bonds is 2. The van der Waals surface area contributed by atoms with Gasteiger partial charge >= 0.3 is 0 Å². The van der Waals surface area contributed by atoms with Gasteiger partial charge < -0.3 is 4.98 Å². The Morgan fingerprint density at radius 3 is 2.31 bits per heavy atom. The first-order valence-corrected chi connectivity index (χ1v) is 9.30. The molecule has 0 radical (unpaired) electrons. The Hall–Kier alpha value is -2.91. The molecule has 0 spiro atoms. The molecule has 2 aromatic heterocycles. The van der Waals surface area contributed by atoms with Crippen LogP contribution in [-0.4, -0.2) is 9.97 Å². The first kappa shape index (κ1) is 15.4. The fourth-order valence-electron chi connectivity index (χ4n) is 3.61. The molecule has 0 bridgehead atoms. The van der Waals surface area contributed by atoms with Crippen LogP contribution in [0.2, 0.25) is 0 Å². The molecule has 0 aliphatic rings. The van der Waals surface area contributed by atoms with Gasteiger partial charge in [-0.2, -0.15) is 0 Å². The number of H-pyrrole nitrogens is 1. The average molecular weight is 399 g/mol. The highest BCUT2D eigenvalue weighted by molar-refractivity contribution is 9.10. The molecule has 3 aromatic carbocycles. The summed E-state index contributed by atoms with van der Waals surface area (Å²) in [6.45, 7) is 0. The Kier molecular flexibility index (Phi) is 3.61. The number of nitrogens with zero attached hydrogens (tertiary/aromatic N) is 1. The van der Waals surface area contributed by atoms with Crippen LogP contribution in [-0.2, 0) is 0 Å². The first-order chi connectivity index (χ1) is 12.8. The normalized spacial score (nSPS) is 11.3. The van der Waals surface area contributed by atoms with Crippen molar-refractivity contribution in [1.82, 2.24) is 9.97 Å². The number of fused-ring (bicyclic) bond motifs is 3. The number of halogens is 1. The van der Waals surface area contributed by atoms with Crippen LogP contribution in [0.1, 0.15) is 0 Å². The van der Waals surface area contributed by atoms with Gasteiger partial charge in [0, 0.05) is 38.9 Å². The van der Waals surface area contributed by atoms with E-state index in [-0.39, 0.29) is 0 Å². The monoisotopic (exact) mass is 398 g/mol. The number of pyridine rings is 1. The van der Waals surface area contributed by atoms with Crippen LogP contribution in [0.3, 0.4) is 0 Å². The standard InChI is InChI=1S/C23H15BrN2/c24-18-8-5-16(6-9-18)21-22-19-4-2-1-3-15(19)7-10-20(22)26-23(21)17-11-13-25-14-12-17/h1-14,26H. The van der Waals surface area contributed by atoms with Crippen molar-refractivity contribution in [3.63, 3.8) is 0 Å². The zero-order chi connectivity index (χ0) is 17.5. The predicted octanol–water partition coefficient (Wildman–Crippen LogP) is 6.81. The zero-order valence-corrected chi connectivity index (χ0v) is 15.5. The molecule has 0 unspecified atom stereocenters. The third-order valence-corrected chi connectivity index (χ3v) is 5.32. The molecule has 0 amide bonds. The van der Waals surface area contributed by atoms with Gasteiger partial charge in [-0.3, -0.25) is 4.98 Å². The maximum Gasteiger partial charge on any atom is 0.0545 e. The van der Waals surface area contributed by atoms with Crippen LogP contribution in [0.5, 0.6) is 0 Å². The third-order valence-electron chi connectivity index (χ3n) is 4.79. The van der Waals surface area contributed by atoms with E-state index >= 15 is 0 Å². The first-order valence-electron chi connectivity index (χ1n) is 8.51. The minimum absolute atomic E-state index is 1.08. The van der Waals surface area contributed by atoms with Gasteiger partial charge in [0.25, 0.3) is 0 Å². The summed E-state index contributed by atoms with van der Waals surface area (Å²) in [6.07, 6.45) is 3.68. The van der Waals surface area contributed by atoms with Crippen LogP contribution >= 0.6 is 15.9 Å². The Balaban J connectivity index is 1.94. The Morgan fingerprint density at radius 1 is 0.731 bits per heavy atom. The van der Waals surface area contributed by atoms with Crippen molar-refractivity contribution in [2.45, 2.75) is 0 Å². The molecule has 0 saturated heterocycles. The maximum atomic E-state index is 4.17. The summed E-state index contributed by atoms with van der Waals surface area (Å²) in [5, 5.41) is 3.77.